The summed E-state index contributed by atoms with van der Waals surface area (Å²) in [5.41, 5.74) is 3.77. The fourth-order valence-corrected chi connectivity index (χ4v) is 4.68. The van der Waals surface area contributed by atoms with Crippen molar-refractivity contribution >= 4 is 22.8 Å². The smallest absolute Gasteiger partial charge is 0.410 e. The molecule has 0 spiro atoms. The molecule has 0 bridgehead atoms. The van der Waals surface area contributed by atoms with Crippen LogP contribution in [0.4, 0.5) is 14.9 Å². The monoisotopic (exact) mass is 517 g/mol. The third-order valence-corrected chi connectivity index (χ3v) is 6.51. The molecule has 2 aromatic carbocycles. The van der Waals surface area contributed by atoms with Gasteiger partial charge in [-0.25, -0.2) is 18.9 Å². The summed E-state index contributed by atoms with van der Waals surface area (Å²) in [5.74, 6) is 0.489. The van der Waals surface area contributed by atoms with E-state index in [1.165, 1.54) is 12.1 Å². The molecule has 1 amide bonds. The molecule has 2 aromatic heterocycles. The highest BCUT2D eigenvalue weighted by atomic mass is 19.1. The number of carbonyl (C=O) groups is 1. The Bertz CT molecular complexity index is 1440. The molecule has 1 aliphatic heterocycles. The zero-order valence-corrected chi connectivity index (χ0v) is 22.1. The van der Waals surface area contributed by atoms with Crippen molar-refractivity contribution in [2.24, 2.45) is 0 Å². The standard InChI is InChI=1S/C29H32FN5O3/c1-29(2,3)38-28(36)34-14-12-33(13-15-34)26-24(21-6-5-7-22(30)16-21)17-31-27-25(26)18-32-35(27)19-20-8-10-23(37-4)11-9-20/h5-11,16-18H,12-15,19H2,1-4H3. The first-order valence-electron chi connectivity index (χ1n) is 12.7. The topological polar surface area (TPSA) is 72.7 Å². The summed E-state index contributed by atoms with van der Waals surface area (Å²) in [4.78, 5) is 21.3. The lowest BCUT2D eigenvalue weighted by atomic mass is 10.0. The van der Waals surface area contributed by atoms with Crippen molar-refractivity contribution in [3.8, 4) is 16.9 Å². The second kappa shape index (κ2) is 10.3. The van der Waals surface area contributed by atoms with Crippen LogP contribution in [-0.2, 0) is 11.3 Å². The minimum Gasteiger partial charge on any atom is -0.497 e. The van der Waals surface area contributed by atoms with Gasteiger partial charge >= 0.3 is 6.09 Å². The van der Waals surface area contributed by atoms with Crippen LogP contribution in [0.2, 0.25) is 0 Å². The summed E-state index contributed by atoms with van der Waals surface area (Å²) in [5, 5.41) is 5.54. The fraction of sp³-hybridized carbons (Fsp3) is 0.345. The number of halogens is 1. The van der Waals surface area contributed by atoms with Crippen LogP contribution in [0, 0.1) is 5.82 Å². The number of rotatable bonds is 5. The predicted octanol–water partition coefficient (Wildman–Crippen LogP) is 5.35. The molecule has 0 radical (unpaired) electrons. The summed E-state index contributed by atoms with van der Waals surface area (Å²) < 4.78 is 26.9. The SMILES string of the molecule is COc1ccc(Cn2ncc3c(N4CCN(C(=O)OC(C)(C)C)CC4)c(-c4cccc(F)c4)cnc32)cc1. The molecule has 0 saturated carbocycles. The fourth-order valence-electron chi connectivity index (χ4n) is 4.68. The molecule has 1 saturated heterocycles. The van der Waals surface area contributed by atoms with E-state index in [1.807, 2.05) is 62.0 Å². The minimum absolute atomic E-state index is 0.307. The van der Waals surface area contributed by atoms with Gasteiger partial charge in [0.25, 0.3) is 0 Å². The molecular formula is C29H32FN5O3. The van der Waals surface area contributed by atoms with Gasteiger partial charge < -0.3 is 19.3 Å². The number of aromatic nitrogens is 3. The largest absolute Gasteiger partial charge is 0.497 e. The molecule has 0 atom stereocenters. The van der Waals surface area contributed by atoms with Crippen molar-refractivity contribution < 1.29 is 18.7 Å². The van der Waals surface area contributed by atoms with E-state index in [9.17, 15) is 9.18 Å². The first kappa shape index (κ1) is 25.5. The normalized spacial score (nSPS) is 14.1. The number of carbonyl (C=O) groups excluding carboxylic acids is 1. The number of ether oxygens (including phenoxy) is 2. The van der Waals surface area contributed by atoms with E-state index in [0.717, 1.165) is 39.2 Å². The van der Waals surface area contributed by atoms with Gasteiger partial charge in [-0.2, -0.15) is 5.10 Å². The Morgan fingerprint density at radius 1 is 1.03 bits per heavy atom. The lowest BCUT2D eigenvalue weighted by Crippen LogP contribution is -2.50. The van der Waals surface area contributed by atoms with Gasteiger partial charge in [-0.1, -0.05) is 24.3 Å². The molecule has 1 aliphatic rings. The number of amides is 1. The van der Waals surface area contributed by atoms with Crippen molar-refractivity contribution in [1.82, 2.24) is 19.7 Å². The van der Waals surface area contributed by atoms with Gasteiger partial charge in [-0.3, -0.25) is 0 Å². The number of methoxy groups -OCH3 is 1. The Morgan fingerprint density at radius 2 is 1.76 bits per heavy atom. The lowest BCUT2D eigenvalue weighted by Gasteiger charge is -2.37. The number of anilines is 1. The summed E-state index contributed by atoms with van der Waals surface area (Å²) >= 11 is 0. The van der Waals surface area contributed by atoms with Gasteiger partial charge in [0.1, 0.15) is 17.2 Å². The summed E-state index contributed by atoms with van der Waals surface area (Å²) in [6, 6.07) is 14.4. The lowest BCUT2D eigenvalue weighted by molar-refractivity contribution is 0.0241. The molecular weight excluding hydrogens is 485 g/mol. The second-order valence-corrected chi connectivity index (χ2v) is 10.4. The third-order valence-electron chi connectivity index (χ3n) is 6.51. The maximum absolute atomic E-state index is 14.2. The van der Waals surface area contributed by atoms with E-state index >= 15 is 0 Å². The quantitative estimate of drug-likeness (QED) is 0.355. The van der Waals surface area contributed by atoms with Gasteiger partial charge in [0, 0.05) is 37.9 Å². The number of benzene rings is 2. The molecule has 0 unspecified atom stereocenters. The Balaban J connectivity index is 1.49. The van der Waals surface area contributed by atoms with Crippen LogP contribution < -0.4 is 9.64 Å². The molecule has 198 valence electrons. The number of fused-ring (bicyclic) bond motifs is 1. The number of hydrogen-bond acceptors (Lipinski definition) is 6. The van der Waals surface area contributed by atoms with Crippen LogP contribution in [0.3, 0.4) is 0 Å². The summed E-state index contributed by atoms with van der Waals surface area (Å²) in [6.07, 6.45) is 3.30. The maximum Gasteiger partial charge on any atom is 0.410 e. The van der Waals surface area contributed by atoms with Crippen LogP contribution in [0.15, 0.2) is 60.9 Å². The van der Waals surface area contributed by atoms with E-state index in [2.05, 4.69) is 10.00 Å². The van der Waals surface area contributed by atoms with Crippen LogP contribution >= 0.6 is 0 Å². The predicted molar refractivity (Wildman–Crippen MR) is 145 cm³/mol. The first-order chi connectivity index (χ1) is 18.2. The Kier molecular flexibility index (Phi) is 6.93. The molecule has 5 rings (SSSR count). The molecule has 0 aliphatic carbocycles. The van der Waals surface area contributed by atoms with Crippen molar-refractivity contribution in [2.75, 3.05) is 38.2 Å². The molecule has 9 heteroatoms. The van der Waals surface area contributed by atoms with Gasteiger partial charge in [-0.05, 0) is 56.2 Å². The van der Waals surface area contributed by atoms with Crippen LogP contribution in [0.25, 0.3) is 22.2 Å². The Morgan fingerprint density at radius 3 is 2.42 bits per heavy atom. The Hall–Kier alpha value is -4.14. The highest BCUT2D eigenvalue weighted by Gasteiger charge is 2.28. The minimum atomic E-state index is -0.547. The summed E-state index contributed by atoms with van der Waals surface area (Å²) in [6.45, 7) is 8.38. The van der Waals surface area contributed by atoms with Crippen molar-refractivity contribution in [3.05, 3.63) is 72.3 Å². The molecule has 3 heterocycles. The maximum atomic E-state index is 14.2. The van der Waals surface area contributed by atoms with E-state index < -0.39 is 5.60 Å². The highest BCUT2D eigenvalue weighted by molar-refractivity contribution is 5.98. The number of piperazine rings is 1. The number of pyridine rings is 1. The average Bonchev–Trinajstić information content (AvgIpc) is 3.30. The van der Waals surface area contributed by atoms with Crippen LogP contribution in [-0.4, -0.2) is 64.6 Å². The van der Waals surface area contributed by atoms with Gasteiger partial charge in [0.05, 0.1) is 30.9 Å². The first-order valence-corrected chi connectivity index (χ1v) is 12.7. The molecule has 4 aromatic rings. The Labute approximate surface area is 221 Å². The summed E-state index contributed by atoms with van der Waals surface area (Å²) in [7, 11) is 1.64. The number of hydrogen-bond donors (Lipinski definition) is 0. The molecule has 38 heavy (non-hydrogen) atoms. The van der Waals surface area contributed by atoms with E-state index in [-0.39, 0.29) is 11.9 Å². The second-order valence-electron chi connectivity index (χ2n) is 10.4. The van der Waals surface area contributed by atoms with Crippen molar-refractivity contribution in [3.63, 3.8) is 0 Å². The van der Waals surface area contributed by atoms with Gasteiger partial charge in [0.2, 0.25) is 0 Å². The molecule has 8 nitrogen and oxygen atoms in total. The van der Waals surface area contributed by atoms with E-state index in [4.69, 9.17) is 14.5 Å². The highest BCUT2D eigenvalue weighted by Crippen LogP contribution is 2.37. The van der Waals surface area contributed by atoms with E-state index in [1.54, 1.807) is 24.3 Å². The molecule has 1 fully saturated rings. The average molecular weight is 518 g/mol. The zero-order valence-electron chi connectivity index (χ0n) is 22.1. The van der Waals surface area contributed by atoms with Crippen LogP contribution in [0.5, 0.6) is 5.75 Å². The number of nitrogens with zero attached hydrogens (tertiary/aromatic N) is 5. The van der Waals surface area contributed by atoms with Gasteiger partial charge in [-0.15, -0.1) is 0 Å². The zero-order chi connectivity index (χ0) is 26.9. The third kappa shape index (κ3) is 5.41. The van der Waals surface area contributed by atoms with Gasteiger partial charge in [0.15, 0.2) is 5.65 Å². The van der Waals surface area contributed by atoms with Crippen molar-refractivity contribution in [1.29, 1.82) is 0 Å². The van der Waals surface area contributed by atoms with Crippen LogP contribution in [0.1, 0.15) is 26.3 Å². The molecule has 0 N–H and O–H groups in total. The van der Waals surface area contributed by atoms with E-state index in [0.29, 0.717) is 32.7 Å². The van der Waals surface area contributed by atoms with Crippen molar-refractivity contribution in [2.45, 2.75) is 32.9 Å².